The topological polar surface area (TPSA) is 29.9 Å². The third kappa shape index (κ3) is 3.02. The summed E-state index contributed by atoms with van der Waals surface area (Å²) in [6, 6.07) is 2.73. The highest BCUT2D eigenvalue weighted by molar-refractivity contribution is 5.15. The van der Waals surface area contributed by atoms with E-state index in [9.17, 15) is 0 Å². The number of rotatable bonds is 4. The molecule has 1 aromatic rings. The molecule has 1 aliphatic rings. The van der Waals surface area contributed by atoms with Crippen molar-refractivity contribution in [2.24, 2.45) is 24.8 Å². The molecular formula is C16H29N3. The van der Waals surface area contributed by atoms with Gasteiger partial charge in [0.2, 0.25) is 0 Å². The van der Waals surface area contributed by atoms with Gasteiger partial charge in [0.1, 0.15) is 0 Å². The van der Waals surface area contributed by atoms with Crippen molar-refractivity contribution in [3.05, 3.63) is 17.5 Å². The first kappa shape index (κ1) is 14.6. The number of nitrogens with zero attached hydrogens (tertiary/aromatic N) is 2. The van der Waals surface area contributed by atoms with E-state index in [1.165, 1.54) is 30.7 Å². The van der Waals surface area contributed by atoms with E-state index in [0.29, 0.717) is 6.04 Å². The van der Waals surface area contributed by atoms with Gasteiger partial charge in [-0.2, -0.15) is 5.10 Å². The second kappa shape index (κ2) is 6.08. The Morgan fingerprint density at radius 3 is 2.63 bits per heavy atom. The Kier molecular flexibility index (Phi) is 4.67. The van der Waals surface area contributed by atoms with Crippen molar-refractivity contribution in [1.82, 2.24) is 15.1 Å². The van der Waals surface area contributed by atoms with E-state index in [-0.39, 0.29) is 0 Å². The van der Waals surface area contributed by atoms with E-state index in [0.717, 1.165) is 24.2 Å². The van der Waals surface area contributed by atoms with E-state index in [4.69, 9.17) is 0 Å². The van der Waals surface area contributed by atoms with Crippen LogP contribution in [0.15, 0.2) is 6.07 Å². The minimum atomic E-state index is 0.452. The fourth-order valence-electron chi connectivity index (χ4n) is 3.52. The van der Waals surface area contributed by atoms with Gasteiger partial charge in [-0.05, 0) is 50.1 Å². The lowest BCUT2D eigenvalue weighted by Crippen LogP contribution is -2.32. The van der Waals surface area contributed by atoms with Crippen LogP contribution in [0.25, 0.3) is 0 Å². The Balaban J connectivity index is 2.17. The summed E-state index contributed by atoms with van der Waals surface area (Å²) in [6.45, 7) is 6.98. The van der Waals surface area contributed by atoms with Crippen molar-refractivity contribution in [2.75, 3.05) is 7.05 Å². The fourth-order valence-corrected chi connectivity index (χ4v) is 3.52. The molecule has 1 saturated carbocycles. The van der Waals surface area contributed by atoms with Crippen LogP contribution in [-0.4, -0.2) is 16.8 Å². The quantitative estimate of drug-likeness (QED) is 0.903. The van der Waals surface area contributed by atoms with Gasteiger partial charge in [-0.3, -0.25) is 4.68 Å². The lowest BCUT2D eigenvalue weighted by atomic mass is 9.72. The van der Waals surface area contributed by atoms with Crippen LogP contribution >= 0.6 is 0 Å². The normalized spacial score (nSPS) is 29.4. The molecule has 4 unspecified atom stereocenters. The van der Waals surface area contributed by atoms with Crippen LogP contribution in [0.4, 0.5) is 0 Å². The largest absolute Gasteiger partial charge is 0.311 e. The van der Waals surface area contributed by atoms with Gasteiger partial charge in [0, 0.05) is 7.05 Å². The number of aromatic nitrogens is 2. The SMILES string of the molecule is CCc1cc(C(NC)C2CCC(C)C(C)C2)n(C)n1. The van der Waals surface area contributed by atoms with Crippen molar-refractivity contribution in [2.45, 2.75) is 52.5 Å². The van der Waals surface area contributed by atoms with Gasteiger partial charge in [0.05, 0.1) is 17.4 Å². The van der Waals surface area contributed by atoms with Gasteiger partial charge in [-0.25, -0.2) is 0 Å². The second-order valence-corrected chi connectivity index (χ2v) is 6.33. The molecule has 0 saturated heterocycles. The molecule has 0 aliphatic heterocycles. The summed E-state index contributed by atoms with van der Waals surface area (Å²) in [6.07, 6.45) is 5.05. The Hall–Kier alpha value is -0.830. The molecule has 1 aliphatic carbocycles. The van der Waals surface area contributed by atoms with E-state index in [1.54, 1.807) is 0 Å². The summed E-state index contributed by atoms with van der Waals surface area (Å²) in [5, 5.41) is 8.14. The number of hydrogen-bond acceptors (Lipinski definition) is 2. The second-order valence-electron chi connectivity index (χ2n) is 6.33. The Morgan fingerprint density at radius 2 is 2.11 bits per heavy atom. The van der Waals surface area contributed by atoms with Crippen molar-refractivity contribution in [3.8, 4) is 0 Å². The Morgan fingerprint density at radius 1 is 1.37 bits per heavy atom. The summed E-state index contributed by atoms with van der Waals surface area (Å²) in [5.41, 5.74) is 2.56. The maximum atomic E-state index is 4.60. The zero-order valence-corrected chi connectivity index (χ0v) is 13.1. The third-order valence-corrected chi connectivity index (χ3v) is 5.07. The van der Waals surface area contributed by atoms with Crippen molar-refractivity contribution < 1.29 is 0 Å². The molecule has 0 aromatic carbocycles. The number of aryl methyl sites for hydroxylation is 2. The van der Waals surface area contributed by atoms with Crippen molar-refractivity contribution in [3.63, 3.8) is 0 Å². The highest BCUT2D eigenvalue weighted by atomic mass is 15.3. The predicted molar refractivity (Wildman–Crippen MR) is 80.1 cm³/mol. The molecule has 3 nitrogen and oxygen atoms in total. The summed E-state index contributed by atoms with van der Waals surface area (Å²) in [7, 11) is 4.17. The summed E-state index contributed by atoms with van der Waals surface area (Å²) < 4.78 is 2.07. The summed E-state index contributed by atoms with van der Waals surface area (Å²) in [4.78, 5) is 0. The number of hydrogen-bond donors (Lipinski definition) is 1. The van der Waals surface area contributed by atoms with Crippen LogP contribution in [0.2, 0.25) is 0 Å². The van der Waals surface area contributed by atoms with Crippen LogP contribution in [0.3, 0.4) is 0 Å². The first-order chi connectivity index (χ1) is 9.06. The molecule has 19 heavy (non-hydrogen) atoms. The molecule has 3 heteroatoms. The van der Waals surface area contributed by atoms with Gasteiger partial charge in [-0.1, -0.05) is 27.2 Å². The van der Waals surface area contributed by atoms with E-state index in [2.05, 4.69) is 56.0 Å². The van der Waals surface area contributed by atoms with E-state index < -0.39 is 0 Å². The first-order valence-corrected chi connectivity index (χ1v) is 7.76. The molecule has 0 spiro atoms. The van der Waals surface area contributed by atoms with Crippen LogP contribution in [-0.2, 0) is 13.5 Å². The minimum Gasteiger partial charge on any atom is -0.311 e. The highest BCUT2D eigenvalue weighted by Crippen LogP contribution is 2.39. The lowest BCUT2D eigenvalue weighted by molar-refractivity contribution is 0.171. The third-order valence-electron chi connectivity index (χ3n) is 5.07. The average Bonchev–Trinajstić information content (AvgIpc) is 2.76. The predicted octanol–water partition coefficient (Wildman–Crippen LogP) is 3.32. The van der Waals surface area contributed by atoms with Crippen LogP contribution in [0.5, 0.6) is 0 Å². The summed E-state index contributed by atoms with van der Waals surface area (Å²) in [5.74, 6) is 2.47. The maximum absolute atomic E-state index is 4.60. The van der Waals surface area contributed by atoms with Crippen molar-refractivity contribution >= 4 is 0 Å². The van der Waals surface area contributed by atoms with Crippen LogP contribution in [0, 0.1) is 17.8 Å². The Bertz CT molecular complexity index is 410. The minimum absolute atomic E-state index is 0.452. The molecule has 1 N–H and O–H groups in total. The molecule has 1 fully saturated rings. The van der Waals surface area contributed by atoms with Crippen LogP contribution < -0.4 is 5.32 Å². The fraction of sp³-hybridized carbons (Fsp3) is 0.812. The highest BCUT2D eigenvalue weighted by Gasteiger charge is 2.31. The molecule has 4 atom stereocenters. The van der Waals surface area contributed by atoms with Crippen molar-refractivity contribution in [1.29, 1.82) is 0 Å². The zero-order valence-electron chi connectivity index (χ0n) is 13.1. The van der Waals surface area contributed by atoms with Gasteiger partial charge in [-0.15, -0.1) is 0 Å². The number of nitrogens with one attached hydrogen (secondary N) is 1. The molecule has 1 aromatic heterocycles. The van der Waals surface area contributed by atoms with Gasteiger partial charge in [0.25, 0.3) is 0 Å². The Labute approximate surface area is 117 Å². The molecule has 0 radical (unpaired) electrons. The molecule has 1 heterocycles. The summed E-state index contributed by atoms with van der Waals surface area (Å²) >= 11 is 0. The van der Waals surface area contributed by atoms with Gasteiger partial charge in [0.15, 0.2) is 0 Å². The standard InChI is InChI=1S/C16H29N3/c1-6-14-10-15(19(5)18-14)16(17-4)13-8-7-11(2)12(3)9-13/h10-13,16-17H,6-9H2,1-5H3. The van der Waals surface area contributed by atoms with Crippen LogP contribution in [0.1, 0.15) is 57.5 Å². The van der Waals surface area contributed by atoms with Gasteiger partial charge < -0.3 is 5.32 Å². The van der Waals surface area contributed by atoms with E-state index in [1.807, 2.05) is 0 Å². The molecular weight excluding hydrogens is 234 g/mol. The lowest BCUT2D eigenvalue weighted by Gasteiger charge is -2.36. The average molecular weight is 263 g/mol. The molecule has 0 bridgehead atoms. The zero-order chi connectivity index (χ0) is 14.0. The molecule has 0 amide bonds. The van der Waals surface area contributed by atoms with E-state index >= 15 is 0 Å². The maximum Gasteiger partial charge on any atom is 0.0625 e. The van der Waals surface area contributed by atoms with Gasteiger partial charge >= 0.3 is 0 Å². The first-order valence-electron chi connectivity index (χ1n) is 7.76. The molecule has 2 rings (SSSR count). The molecule has 108 valence electrons. The smallest absolute Gasteiger partial charge is 0.0625 e. The monoisotopic (exact) mass is 263 g/mol.